The Bertz CT molecular complexity index is 1120. The van der Waals surface area contributed by atoms with E-state index in [0.29, 0.717) is 12.8 Å². The number of phosphoric acid groups is 1. The average molecular weight is 855 g/mol. The number of carbonyl (C=O) groups is 2. The summed E-state index contributed by atoms with van der Waals surface area (Å²) in [5, 5.41) is 18.4. The molecular weight excluding hydrogens is 767 g/mol. The quantitative estimate of drug-likeness (QED) is 0.0234. The van der Waals surface area contributed by atoms with Crippen LogP contribution < -0.4 is 0 Å². The highest BCUT2D eigenvalue weighted by molar-refractivity contribution is 7.47. The molecule has 0 aromatic rings. The number of esters is 2. The molecule has 0 aliphatic rings. The van der Waals surface area contributed by atoms with E-state index in [4.69, 9.17) is 23.6 Å². The number of ether oxygens (including phenoxy) is 2. The van der Waals surface area contributed by atoms with Gasteiger partial charge in [0.2, 0.25) is 0 Å². The van der Waals surface area contributed by atoms with Crippen LogP contribution in [0.2, 0.25) is 0 Å². The first-order chi connectivity index (χ1) is 28.7. The Morgan fingerprint density at radius 1 is 0.508 bits per heavy atom. The normalized spacial score (nSPS) is 14.2. The van der Waals surface area contributed by atoms with E-state index in [1.54, 1.807) is 0 Å². The van der Waals surface area contributed by atoms with Crippen LogP contribution in [0.15, 0.2) is 48.6 Å². The molecule has 0 saturated heterocycles. The Hall–Kier alpha value is -2.07. The fourth-order valence-electron chi connectivity index (χ4n) is 6.30. The van der Waals surface area contributed by atoms with Gasteiger partial charge in [-0.15, -0.1) is 0 Å². The topological polar surface area (TPSA) is 149 Å². The second kappa shape index (κ2) is 44.0. The smallest absolute Gasteiger partial charge is 0.462 e. The molecule has 10 nitrogen and oxygen atoms in total. The summed E-state index contributed by atoms with van der Waals surface area (Å²) in [6.07, 6.45) is 47.9. The van der Waals surface area contributed by atoms with Crippen molar-refractivity contribution < 1.29 is 47.8 Å². The summed E-state index contributed by atoms with van der Waals surface area (Å²) in [5.74, 6) is -0.980. The molecule has 344 valence electrons. The average Bonchev–Trinajstić information content (AvgIpc) is 3.22. The van der Waals surface area contributed by atoms with Gasteiger partial charge < -0.3 is 24.6 Å². The van der Waals surface area contributed by atoms with Crippen molar-refractivity contribution in [2.24, 2.45) is 0 Å². The van der Waals surface area contributed by atoms with Crippen LogP contribution in [0, 0.1) is 0 Å². The van der Waals surface area contributed by atoms with Crippen molar-refractivity contribution in [1.82, 2.24) is 0 Å². The van der Waals surface area contributed by atoms with Crippen LogP contribution in [0.3, 0.4) is 0 Å². The van der Waals surface area contributed by atoms with E-state index in [0.717, 1.165) is 51.4 Å². The number of phosphoric ester groups is 1. The maximum absolute atomic E-state index is 12.6. The van der Waals surface area contributed by atoms with Crippen LogP contribution >= 0.6 is 7.82 Å². The van der Waals surface area contributed by atoms with Gasteiger partial charge in [0.05, 0.1) is 19.8 Å². The van der Waals surface area contributed by atoms with E-state index in [-0.39, 0.29) is 19.4 Å². The van der Waals surface area contributed by atoms with E-state index in [1.807, 2.05) is 0 Å². The zero-order valence-electron chi connectivity index (χ0n) is 37.5. The van der Waals surface area contributed by atoms with E-state index in [9.17, 15) is 24.2 Å². The molecule has 0 rings (SSSR count). The van der Waals surface area contributed by atoms with Crippen LogP contribution in [-0.4, -0.2) is 65.7 Å². The third-order valence-electron chi connectivity index (χ3n) is 9.96. The summed E-state index contributed by atoms with van der Waals surface area (Å²) in [7, 11) is -4.63. The summed E-state index contributed by atoms with van der Waals surface area (Å²) in [6, 6.07) is 0. The maximum atomic E-state index is 12.6. The molecule has 0 radical (unpaired) electrons. The van der Waals surface area contributed by atoms with Crippen molar-refractivity contribution in [3.63, 3.8) is 0 Å². The molecular formula is C48H87O10P. The zero-order valence-corrected chi connectivity index (χ0v) is 38.4. The van der Waals surface area contributed by atoms with E-state index in [2.05, 4.69) is 62.5 Å². The lowest BCUT2D eigenvalue weighted by Gasteiger charge is -2.20. The van der Waals surface area contributed by atoms with E-state index in [1.165, 1.54) is 116 Å². The van der Waals surface area contributed by atoms with Crippen LogP contribution in [0.5, 0.6) is 0 Å². The minimum Gasteiger partial charge on any atom is -0.462 e. The predicted molar refractivity (Wildman–Crippen MR) is 242 cm³/mol. The molecule has 0 aromatic carbocycles. The number of aliphatic hydroxyl groups is 2. The van der Waals surface area contributed by atoms with Gasteiger partial charge in [-0.1, -0.05) is 172 Å². The largest absolute Gasteiger partial charge is 0.472 e. The van der Waals surface area contributed by atoms with E-state index >= 15 is 0 Å². The summed E-state index contributed by atoms with van der Waals surface area (Å²) in [5.41, 5.74) is 0. The van der Waals surface area contributed by atoms with Gasteiger partial charge in [0.25, 0.3) is 0 Å². The van der Waals surface area contributed by atoms with Crippen molar-refractivity contribution in [2.45, 2.75) is 219 Å². The highest BCUT2D eigenvalue weighted by Crippen LogP contribution is 2.43. The van der Waals surface area contributed by atoms with Gasteiger partial charge in [0, 0.05) is 12.8 Å². The third kappa shape index (κ3) is 43.8. The monoisotopic (exact) mass is 855 g/mol. The lowest BCUT2D eigenvalue weighted by molar-refractivity contribution is -0.161. The first-order valence-electron chi connectivity index (χ1n) is 23.6. The first-order valence-corrected chi connectivity index (χ1v) is 25.1. The second-order valence-electron chi connectivity index (χ2n) is 15.8. The Morgan fingerprint density at radius 3 is 1.39 bits per heavy atom. The summed E-state index contributed by atoms with van der Waals surface area (Å²) in [6.45, 7) is 2.32. The SMILES string of the molecule is CCCCC/C=C/C/C=C/CCCCCCCCCCCC(=O)O[C@H](COC(=O)CCC/C=C/C/C=C/CCCCCCCCCCC)COP(=O)(O)OC[C@@H](O)CO. The number of hydrogen-bond acceptors (Lipinski definition) is 9. The lowest BCUT2D eigenvalue weighted by atomic mass is 10.1. The molecule has 0 saturated carbocycles. The van der Waals surface area contributed by atoms with Crippen LogP contribution in [0.1, 0.15) is 206 Å². The number of aliphatic hydroxyl groups excluding tert-OH is 2. The fraction of sp³-hybridized carbons (Fsp3) is 0.792. The summed E-state index contributed by atoms with van der Waals surface area (Å²) >= 11 is 0. The van der Waals surface area contributed by atoms with Crippen LogP contribution in [0.4, 0.5) is 0 Å². The maximum Gasteiger partial charge on any atom is 0.472 e. The molecule has 0 heterocycles. The van der Waals surface area contributed by atoms with Gasteiger partial charge in [-0.3, -0.25) is 18.6 Å². The molecule has 0 spiro atoms. The molecule has 11 heteroatoms. The molecule has 0 bridgehead atoms. The van der Waals surface area contributed by atoms with Gasteiger partial charge in [-0.05, 0) is 70.6 Å². The first kappa shape index (κ1) is 56.9. The van der Waals surface area contributed by atoms with Gasteiger partial charge in [-0.2, -0.15) is 0 Å². The molecule has 3 atom stereocenters. The second-order valence-corrected chi connectivity index (χ2v) is 17.2. The minimum atomic E-state index is -4.63. The Morgan fingerprint density at radius 2 is 0.898 bits per heavy atom. The van der Waals surface area contributed by atoms with Gasteiger partial charge in [0.15, 0.2) is 6.10 Å². The summed E-state index contributed by atoms with van der Waals surface area (Å²) < 4.78 is 32.7. The standard InChI is InChI=1S/C48H87O10P/c1-3-5-7-9-11-13-15-17-19-21-22-24-26-28-30-32-34-36-38-40-48(52)58-46(44-57-59(53,54)56-42-45(50)41-49)43-55-47(51)39-37-35-33-31-29-27-25-23-20-18-16-14-12-10-8-6-4-2/h11,13,17,19,25,27,31,33,45-46,49-50H,3-10,12,14-16,18,20-24,26,28-30,32,34-44H2,1-2H3,(H,53,54)/b13-11+,19-17+,27-25+,33-31+/t45-,46+/m0/s1. The van der Waals surface area contributed by atoms with Crippen LogP contribution in [-0.2, 0) is 32.7 Å². The van der Waals surface area contributed by atoms with Crippen molar-refractivity contribution >= 4 is 19.8 Å². The minimum absolute atomic E-state index is 0.170. The zero-order chi connectivity index (χ0) is 43.3. The lowest BCUT2D eigenvalue weighted by Crippen LogP contribution is -2.29. The van der Waals surface area contributed by atoms with Gasteiger partial charge in [0.1, 0.15) is 12.7 Å². The highest BCUT2D eigenvalue weighted by atomic mass is 31.2. The fourth-order valence-corrected chi connectivity index (χ4v) is 7.09. The Labute approximate surface area is 360 Å². The van der Waals surface area contributed by atoms with Gasteiger partial charge >= 0.3 is 19.8 Å². The van der Waals surface area contributed by atoms with Crippen molar-refractivity contribution in [1.29, 1.82) is 0 Å². The number of hydrogen-bond donors (Lipinski definition) is 3. The Balaban J connectivity index is 4.30. The molecule has 0 aromatic heterocycles. The predicted octanol–water partition coefficient (Wildman–Crippen LogP) is 12.9. The number of carbonyl (C=O) groups excluding carboxylic acids is 2. The molecule has 1 unspecified atom stereocenters. The van der Waals surface area contributed by atoms with Crippen molar-refractivity contribution in [3.05, 3.63) is 48.6 Å². The number of unbranched alkanes of at least 4 members (excludes halogenated alkanes) is 22. The molecule has 0 fully saturated rings. The highest BCUT2D eigenvalue weighted by Gasteiger charge is 2.27. The molecule has 0 amide bonds. The van der Waals surface area contributed by atoms with Crippen LogP contribution in [0.25, 0.3) is 0 Å². The molecule has 3 N–H and O–H groups in total. The van der Waals surface area contributed by atoms with Crippen molar-refractivity contribution in [2.75, 3.05) is 26.4 Å². The van der Waals surface area contributed by atoms with E-state index < -0.39 is 51.8 Å². The number of allylic oxidation sites excluding steroid dienone is 8. The molecule has 0 aliphatic heterocycles. The number of rotatable bonds is 44. The van der Waals surface area contributed by atoms with Gasteiger partial charge in [-0.25, -0.2) is 4.57 Å². The van der Waals surface area contributed by atoms with Crippen molar-refractivity contribution in [3.8, 4) is 0 Å². The molecule has 0 aliphatic carbocycles. The Kier molecular flexibility index (Phi) is 42.5. The third-order valence-corrected chi connectivity index (χ3v) is 10.9. The summed E-state index contributed by atoms with van der Waals surface area (Å²) in [4.78, 5) is 35.1. The molecule has 59 heavy (non-hydrogen) atoms.